The van der Waals surface area contributed by atoms with Crippen LogP contribution in [0.25, 0.3) is 0 Å². The quantitative estimate of drug-likeness (QED) is 0.427. The summed E-state index contributed by atoms with van der Waals surface area (Å²) >= 11 is -0.812. The van der Waals surface area contributed by atoms with Gasteiger partial charge in [-0.3, -0.25) is 0 Å². The van der Waals surface area contributed by atoms with Crippen molar-refractivity contribution in [3.05, 3.63) is 0 Å². The Balaban J connectivity index is -0.0000000115. The van der Waals surface area contributed by atoms with Gasteiger partial charge in [0, 0.05) is 0 Å². The van der Waals surface area contributed by atoms with Gasteiger partial charge < -0.3 is 24.6 Å². The van der Waals surface area contributed by atoms with Crippen molar-refractivity contribution >= 4 is 37.6 Å². The molecule has 0 aromatic carbocycles. The van der Waals surface area contributed by atoms with E-state index in [4.69, 9.17) is 27.3 Å². The summed E-state index contributed by atoms with van der Waals surface area (Å²) < 4.78 is 15.4. The molecule has 0 atom stereocenters. The second-order valence-electron chi connectivity index (χ2n) is 0.0609. The van der Waals surface area contributed by atoms with Gasteiger partial charge in [-0.1, -0.05) is 0 Å². The number of rotatable bonds is 0. The monoisotopic (exact) mass is 260 g/mol. The molecule has 9 heteroatoms. The summed E-state index contributed by atoms with van der Waals surface area (Å²) in [6.45, 7) is 8.00. The van der Waals surface area contributed by atoms with Gasteiger partial charge in [0.25, 0.3) is 0 Å². The molecule has 0 bridgehead atoms. The number of carbonyl (C=O) groups is 4. The predicted octanol–water partition coefficient (Wildman–Crippen LogP) is -3.91. The average Bonchev–Trinajstić information content (AvgIpc) is 2.32. The zero-order valence-corrected chi connectivity index (χ0v) is 10.4. The first-order valence-corrected chi connectivity index (χ1v) is 4.45. The second kappa shape index (κ2) is 74900. The van der Waals surface area contributed by atoms with Gasteiger partial charge in [-0.15, -0.1) is 0 Å². The minimum atomic E-state index is -0.812. The standard InChI is InChI=1S/4CH2O.Co.H6NSi.H2O.O/c4*1-2;;1-2;;/h4*1H2;;1-2H3;1H2;/q;;;;;+1;;/p-1. The summed E-state index contributed by atoms with van der Waals surface area (Å²) in [5, 5.41) is 3.39. The van der Waals surface area contributed by atoms with Gasteiger partial charge in [-0.2, -0.15) is 0 Å². The van der Waals surface area contributed by atoms with Crippen LogP contribution in [0.1, 0.15) is 0 Å². The third-order valence-corrected chi connectivity index (χ3v) is 0. The van der Waals surface area contributed by atoms with Gasteiger partial charge in [-0.05, 0) is 0 Å². The van der Waals surface area contributed by atoms with E-state index in [1.807, 2.05) is 27.2 Å². The Hall–Kier alpha value is -0.877. The molecule has 0 spiro atoms. The maximum absolute atomic E-state index is 8.45. The van der Waals surface area contributed by atoms with Crippen LogP contribution in [0.15, 0.2) is 0 Å². The number of quaternary nitrogens is 1. The summed E-state index contributed by atoms with van der Waals surface area (Å²) in [7, 11) is 1.06. The average molecular weight is 260 g/mol. The summed E-state index contributed by atoms with van der Waals surface area (Å²) in [5.41, 5.74) is 0. The van der Waals surface area contributed by atoms with E-state index in [1.165, 1.54) is 0 Å². The van der Waals surface area contributed by atoms with E-state index in [-0.39, 0.29) is 0 Å². The van der Waals surface area contributed by atoms with E-state index in [9.17, 15) is 0 Å². The van der Waals surface area contributed by atoms with Crippen LogP contribution in [0.3, 0.4) is 0 Å². The van der Waals surface area contributed by atoms with Gasteiger partial charge in [0.05, 0.1) is 0 Å². The molecule has 0 aliphatic heterocycles. The molecule has 0 aliphatic carbocycles. The van der Waals surface area contributed by atoms with Crippen molar-refractivity contribution in [2.75, 3.05) is 0 Å². The number of hydrogen-bond donors (Lipinski definition) is 2. The maximum atomic E-state index is 8.45. The van der Waals surface area contributed by atoms with E-state index in [1.54, 1.807) is 0 Å². The van der Waals surface area contributed by atoms with Crippen LogP contribution in [0, 0.1) is 0 Å². The van der Waals surface area contributed by atoms with Crippen molar-refractivity contribution in [3.63, 3.8) is 0 Å². The van der Waals surface area contributed by atoms with Gasteiger partial charge >= 0.3 is 23.0 Å². The summed E-state index contributed by atoms with van der Waals surface area (Å²) in [4.78, 5) is 32.0. The van der Waals surface area contributed by atoms with E-state index in [2.05, 4.69) is 5.40 Å². The Morgan fingerprint density at radius 1 is 0.846 bits per heavy atom. The van der Waals surface area contributed by atoms with Gasteiger partial charge in [0.1, 0.15) is 27.2 Å². The van der Waals surface area contributed by atoms with Gasteiger partial charge in [-0.25, -0.2) is 0 Å². The number of hydrogen-bond acceptors (Lipinski definition) is 5. The van der Waals surface area contributed by atoms with Crippen LogP contribution in [0.2, 0.25) is 0 Å². The first-order chi connectivity index (χ1) is 6.41. The van der Waals surface area contributed by atoms with Crippen LogP contribution < -0.4 is 5.40 Å². The van der Waals surface area contributed by atoms with E-state index in [0.29, 0.717) is 0 Å². The third-order valence-electron chi connectivity index (χ3n) is 0. The van der Waals surface area contributed by atoms with Crippen LogP contribution in [0.4, 0.5) is 0 Å². The Kier molecular flexibility index (Phi) is 230000. The normalized spacial score (nSPS) is 3.54. The van der Waals surface area contributed by atoms with Crippen molar-refractivity contribution in [2.24, 2.45) is 0 Å². The molecule has 0 saturated heterocycles. The van der Waals surface area contributed by atoms with Crippen molar-refractivity contribution < 1.29 is 47.6 Å². The molecule has 0 aromatic heterocycles. The van der Waals surface area contributed by atoms with E-state index in [0.717, 1.165) is 10.4 Å². The molecule has 0 aromatic rings. The van der Waals surface area contributed by atoms with E-state index >= 15 is 0 Å². The van der Waals surface area contributed by atoms with Gasteiger partial charge in [0.15, 0.2) is 0 Å². The van der Waals surface area contributed by atoms with E-state index < -0.39 is 15.0 Å². The summed E-state index contributed by atoms with van der Waals surface area (Å²) in [5.74, 6) is 0. The Morgan fingerprint density at radius 3 is 0.846 bits per heavy atom. The first kappa shape index (κ1) is 40.0. The Labute approximate surface area is 85.7 Å². The zero-order valence-electron chi connectivity index (χ0n) is 7.36. The Bertz CT molecular complexity index is 53.9. The zero-order chi connectivity index (χ0) is 12.7. The molecule has 0 amide bonds. The minimum absolute atomic E-state index is 0.812. The molecule has 0 aliphatic rings. The molecule has 85 valence electrons. The molecule has 0 rings (SSSR count). The predicted molar refractivity (Wildman–Crippen MR) is 44.2 cm³/mol. The van der Waals surface area contributed by atoms with Crippen LogP contribution in [-0.4, -0.2) is 41.8 Å². The third kappa shape index (κ3) is 1200. The van der Waals surface area contributed by atoms with Crippen LogP contribution in [-0.2, 0) is 38.0 Å². The molecule has 4 N–H and O–H groups in total. The molecule has 0 radical (unpaired) electrons. The van der Waals surface area contributed by atoms with Crippen molar-refractivity contribution in [1.82, 2.24) is 0 Å². The van der Waals surface area contributed by atoms with Crippen molar-refractivity contribution in [3.8, 4) is 0 Å². The topological polar surface area (TPSA) is 133 Å². The molecular formula is C4H15CoNO6Si. The fraction of sp³-hybridized carbons (Fsp3) is 0. The molecule has 0 saturated carbocycles. The second-order valence-corrected chi connectivity index (χ2v) is 0.251. The van der Waals surface area contributed by atoms with Crippen molar-refractivity contribution in [1.29, 1.82) is 0 Å². The SMILES string of the molecule is C=O.C=O.C=O.C=O.[NH3+][SiH3].[O]=[Co-][OH]. The molecule has 0 fully saturated rings. The van der Waals surface area contributed by atoms with Crippen molar-refractivity contribution in [2.45, 2.75) is 0 Å². The molecule has 7 nitrogen and oxygen atoms in total. The van der Waals surface area contributed by atoms with Crippen LogP contribution in [0.5, 0.6) is 0 Å². The fourth-order valence-electron chi connectivity index (χ4n) is 0. The molecule has 13 heavy (non-hydrogen) atoms. The summed E-state index contributed by atoms with van der Waals surface area (Å²) in [6, 6.07) is 0. The first-order valence-electron chi connectivity index (χ1n) is 2.15. The Morgan fingerprint density at radius 2 is 0.846 bits per heavy atom. The fourth-order valence-corrected chi connectivity index (χ4v) is 0. The number of carbonyl (C=O) groups excluding carboxylic acids is 4. The summed E-state index contributed by atoms with van der Waals surface area (Å²) in [6.07, 6.45) is 0. The van der Waals surface area contributed by atoms with Gasteiger partial charge in [0.2, 0.25) is 10.4 Å². The molecule has 0 unspecified atom stereocenters. The van der Waals surface area contributed by atoms with Crippen LogP contribution >= 0.6 is 0 Å². The molecular weight excluding hydrogens is 245 g/mol. The molecule has 0 heterocycles.